The average Bonchev–Trinajstić information content (AvgIpc) is 3.00. The van der Waals surface area contributed by atoms with Crippen LogP contribution in [-0.2, 0) is 26.6 Å². The fourth-order valence-electron chi connectivity index (χ4n) is 1.05. The van der Waals surface area contributed by atoms with Gasteiger partial charge in [0.25, 0.3) is 0 Å². The van der Waals surface area contributed by atoms with E-state index in [1.165, 1.54) is 13.2 Å². The predicted molar refractivity (Wildman–Crippen MR) is 63.1 cm³/mol. The molecule has 0 amide bonds. The van der Waals surface area contributed by atoms with Gasteiger partial charge in [-0.2, -0.15) is 0 Å². The largest absolute Gasteiger partial charge is 0.466 e. The molecule has 2 aliphatic carbocycles. The standard InChI is InChI=1S/C9H9O2.C5H5.Fe/c1-11-9(10)7-6-8-4-2-3-5-8;1-2-4-5-3-1;/h2-7H,1H3;1-5H;/b7-6+;;. The van der Waals surface area contributed by atoms with Crippen LogP contribution in [-0.4, -0.2) is 13.1 Å². The van der Waals surface area contributed by atoms with E-state index in [2.05, 4.69) is 4.74 Å². The van der Waals surface area contributed by atoms with Crippen LogP contribution in [0, 0.1) is 63.7 Å². The van der Waals surface area contributed by atoms with E-state index in [9.17, 15) is 4.79 Å². The summed E-state index contributed by atoms with van der Waals surface area (Å²) in [6.45, 7) is 0. The third kappa shape index (κ3) is 8.45. The van der Waals surface area contributed by atoms with E-state index in [1.54, 1.807) is 6.08 Å². The number of carbonyl (C=O) groups excluding carboxylic acids is 1. The fraction of sp³-hybridized carbons (Fsp3) is 0.0714. The molecule has 0 aromatic rings. The first kappa shape index (κ1) is 16.7. The molecule has 0 saturated heterocycles. The Kier molecular flexibility index (Phi) is 10.7. The van der Waals surface area contributed by atoms with E-state index in [1.807, 2.05) is 57.8 Å². The van der Waals surface area contributed by atoms with Gasteiger partial charge in [-0.05, 0) is 57.8 Å². The second kappa shape index (κ2) is 10.9. The van der Waals surface area contributed by atoms with E-state index in [0.717, 1.165) is 5.92 Å². The van der Waals surface area contributed by atoms with Gasteiger partial charge in [0.05, 0.1) is 7.11 Å². The van der Waals surface area contributed by atoms with Gasteiger partial charge in [-0.25, -0.2) is 4.79 Å². The molecule has 2 rings (SSSR count). The molecule has 0 spiro atoms. The van der Waals surface area contributed by atoms with Crippen molar-refractivity contribution >= 4 is 5.97 Å². The van der Waals surface area contributed by atoms with Gasteiger partial charge in [-0.15, -0.1) is 0 Å². The van der Waals surface area contributed by atoms with Gasteiger partial charge in [-0.3, -0.25) is 0 Å². The summed E-state index contributed by atoms with van der Waals surface area (Å²) in [5.74, 6) is 0.682. The number of allylic oxidation sites excluding steroid dienone is 1. The number of carbonyl (C=O) groups is 1. The first-order valence-corrected chi connectivity index (χ1v) is 4.97. The third-order valence-electron chi connectivity index (χ3n) is 1.86. The van der Waals surface area contributed by atoms with E-state index < -0.39 is 0 Å². The Labute approximate surface area is 116 Å². The van der Waals surface area contributed by atoms with Crippen LogP contribution in [0.25, 0.3) is 0 Å². The van der Waals surface area contributed by atoms with Crippen LogP contribution in [0.4, 0.5) is 0 Å². The molecule has 90 valence electrons. The molecule has 0 heterocycles. The minimum atomic E-state index is -0.328. The van der Waals surface area contributed by atoms with Gasteiger partial charge < -0.3 is 4.74 Å². The quantitative estimate of drug-likeness (QED) is 0.436. The van der Waals surface area contributed by atoms with Crippen molar-refractivity contribution in [2.75, 3.05) is 7.11 Å². The van der Waals surface area contributed by atoms with Crippen LogP contribution in [0.1, 0.15) is 0 Å². The minimum Gasteiger partial charge on any atom is -0.466 e. The van der Waals surface area contributed by atoms with Crippen LogP contribution in [0.2, 0.25) is 0 Å². The van der Waals surface area contributed by atoms with Gasteiger partial charge in [0.15, 0.2) is 0 Å². The molecule has 0 N–H and O–H groups in total. The molecule has 0 bridgehead atoms. The molecule has 2 nitrogen and oxygen atoms in total. The van der Waals surface area contributed by atoms with Crippen LogP contribution in [0.5, 0.6) is 0 Å². The second-order valence-electron chi connectivity index (χ2n) is 3.04. The smallest absolute Gasteiger partial charge is 0.330 e. The molecule has 3 heteroatoms. The topological polar surface area (TPSA) is 26.3 Å². The molecule has 0 unspecified atom stereocenters. The van der Waals surface area contributed by atoms with Gasteiger partial charge in [-0.1, -0.05) is 6.08 Å². The van der Waals surface area contributed by atoms with Crippen LogP contribution in [0.3, 0.4) is 0 Å². The van der Waals surface area contributed by atoms with Gasteiger partial charge in [0.2, 0.25) is 0 Å². The van der Waals surface area contributed by atoms with Gasteiger partial charge >= 0.3 is 5.97 Å². The molecule has 0 aromatic carbocycles. The molecule has 0 aromatic heterocycles. The summed E-state index contributed by atoms with van der Waals surface area (Å²) in [6.07, 6.45) is 20.8. The summed E-state index contributed by atoms with van der Waals surface area (Å²) < 4.78 is 4.42. The Morgan fingerprint density at radius 3 is 1.88 bits per heavy atom. The normalized spacial score (nSPS) is 19.6. The Morgan fingerprint density at radius 1 is 1.00 bits per heavy atom. The van der Waals surface area contributed by atoms with E-state index >= 15 is 0 Å². The summed E-state index contributed by atoms with van der Waals surface area (Å²) in [6, 6.07) is 0. The number of rotatable bonds is 2. The van der Waals surface area contributed by atoms with Crippen LogP contribution < -0.4 is 0 Å². The molecule has 0 aliphatic heterocycles. The van der Waals surface area contributed by atoms with Gasteiger partial charge in [0.1, 0.15) is 0 Å². The molecular formula is C14H14FeO2. The fourth-order valence-corrected chi connectivity index (χ4v) is 1.05. The van der Waals surface area contributed by atoms with Crippen molar-refractivity contribution in [2.45, 2.75) is 0 Å². The summed E-state index contributed by atoms with van der Waals surface area (Å²) in [5.41, 5.74) is 0. The summed E-state index contributed by atoms with van der Waals surface area (Å²) in [4.78, 5) is 10.6. The zero-order valence-electron chi connectivity index (χ0n) is 9.52. The van der Waals surface area contributed by atoms with Crippen molar-refractivity contribution in [3.63, 3.8) is 0 Å². The molecular weight excluding hydrogens is 256 g/mol. The molecule has 17 heavy (non-hydrogen) atoms. The monoisotopic (exact) mass is 270 g/mol. The summed E-state index contributed by atoms with van der Waals surface area (Å²) in [7, 11) is 1.36. The first-order chi connectivity index (χ1) is 7.83. The Morgan fingerprint density at radius 2 is 1.47 bits per heavy atom. The maximum atomic E-state index is 10.6. The van der Waals surface area contributed by atoms with Crippen molar-refractivity contribution < 1.29 is 26.6 Å². The zero-order chi connectivity index (χ0) is 11.6. The maximum Gasteiger partial charge on any atom is 0.330 e. The third-order valence-corrected chi connectivity index (χ3v) is 1.86. The molecule has 2 aliphatic rings. The number of methoxy groups -OCH3 is 1. The van der Waals surface area contributed by atoms with Crippen molar-refractivity contribution in [3.05, 3.63) is 75.9 Å². The number of esters is 1. The summed E-state index contributed by atoms with van der Waals surface area (Å²) in [5, 5.41) is 0. The van der Waals surface area contributed by atoms with Crippen LogP contribution in [0.15, 0.2) is 12.2 Å². The molecule has 0 atom stereocenters. The van der Waals surface area contributed by atoms with Crippen LogP contribution >= 0.6 is 0 Å². The Balaban J connectivity index is 0.000000360. The molecule has 2 saturated carbocycles. The first-order valence-electron chi connectivity index (χ1n) is 4.97. The molecule has 2 fully saturated rings. The minimum absolute atomic E-state index is 0. The van der Waals surface area contributed by atoms with Crippen molar-refractivity contribution in [1.82, 2.24) is 0 Å². The Bertz CT molecular complexity index is 209. The maximum absolute atomic E-state index is 10.6. The van der Waals surface area contributed by atoms with E-state index in [-0.39, 0.29) is 23.0 Å². The van der Waals surface area contributed by atoms with E-state index in [4.69, 9.17) is 0 Å². The SMILES string of the molecule is COC(=O)/C=C/[C]1[CH][CH][CH][CH]1.[CH]1[CH][CH][CH][CH]1.[Fe]. The number of hydrogen-bond acceptors (Lipinski definition) is 2. The van der Waals surface area contributed by atoms with Crippen molar-refractivity contribution in [1.29, 1.82) is 0 Å². The zero-order valence-corrected chi connectivity index (χ0v) is 10.6. The predicted octanol–water partition coefficient (Wildman–Crippen LogP) is 2.14. The second-order valence-corrected chi connectivity index (χ2v) is 3.04. The number of hydrogen-bond donors (Lipinski definition) is 0. The summed E-state index contributed by atoms with van der Waals surface area (Å²) >= 11 is 0. The van der Waals surface area contributed by atoms with Crippen molar-refractivity contribution in [3.8, 4) is 0 Å². The van der Waals surface area contributed by atoms with Gasteiger partial charge in [0, 0.05) is 29.1 Å². The van der Waals surface area contributed by atoms with E-state index in [0.29, 0.717) is 0 Å². The molecule has 10 radical (unpaired) electrons. The number of ether oxygens (including phenoxy) is 1. The average molecular weight is 270 g/mol. The van der Waals surface area contributed by atoms with Crippen molar-refractivity contribution in [2.24, 2.45) is 0 Å². The Hall–Kier alpha value is -0.271.